The number of hydrogen-bond donors (Lipinski definition) is 0. The molecule has 41 heavy (non-hydrogen) atoms. The number of aryl methyl sites for hydroxylation is 2. The molecule has 0 saturated heterocycles. The maximum absolute atomic E-state index is 2.40. The molecule has 0 bridgehead atoms. The molecule has 0 N–H and O–H groups in total. The van der Waals surface area contributed by atoms with Crippen LogP contribution in [0.25, 0.3) is 50.5 Å². The Morgan fingerprint density at radius 3 is 2.10 bits per heavy atom. The molecular weight excluding hydrogens is 494 g/mol. The Bertz CT molecular complexity index is 1880. The summed E-state index contributed by atoms with van der Waals surface area (Å²) >= 11 is 0. The van der Waals surface area contributed by atoms with Crippen LogP contribution in [0.2, 0.25) is 0 Å². The molecule has 6 rings (SSSR count). The van der Waals surface area contributed by atoms with E-state index in [2.05, 4.69) is 171 Å². The van der Waals surface area contributed by atoms with Gasteiger partial charge in [0.2, 0.25) is 0 Å². The highest BCUT2D eigenvalue weighted by molar-refractivity contribution is 6.00. The maximum Gasteiger partial charge on any atom is 0.0541 e. The van der Waals surface area contributed by atoms with Gasteiger partial charge in [0, 0.05) is 16.6 Å². The summed E-state index contributed by atoms with van der Waals surface area (Å²) in [6.07, 6.45) is 12.0. The van der Waals surface area contributed by atoms with Crippen LogP contribution in [-0.4, -0.2) is 4.57 Å². The van der Waals surface area contributed by atoms with E-state index in [0.29, 0.717) is 0 Å². The Hall–Kier alpha value is -4.88. The molecule has 0 fully saturated rings. The summed E-state index contributed by atoms with van der Waals surface area (Å²) in [4.78, 5) is 0. The highest BCUT2D eigenvalue weighted by Crippen LogP contribution is 2.39. The van der Waals surface area contributed by atoms with Gasteiger partial charge >= 0.3 is 0 Å². The van der Waals surface area contributed by atoms with Gasteiger partial charge in [-0.1, -0.05) is 109 Å². The molecule has 0 atom stereocenters. The van der Waals surface area contributed by atoms with Gasteiger partial charge in [-0.05, 0) is 103 Å². The Kier molecular flexibility index (Phi) is 7.52. The van der Waals surface area contributed by atoms with E-state index in [1.165, 1.54) is 61.1 Å². The van der Waals surface area contributed by atoms with Crippen molar-refractivity contribution in [3.05, 3.63) is 162 Å². The minimum absolute atomic E-state index is 0.931. The number of aromatic nitrogens is 1. The molecule has 1 heterocycles. The molecule has 0 spiro atoms. The molecule has 1 nitrogen and oxygen atoms in total. The first-order valence-corrected chi connectivity index (χ1v) is 14.4. The third-order valence-corrected chi connectivity index (χ3v) is 7.88. The minimum atomic E-state index is 0.931. The van der Waals surface area contributed by atoms with Gasteiger partial charge in [-0.25, -0.2) is 0 Å². The van der Waals surface area contributed by atoms with Gasteiger partial charge in [-0.3, -0.25) is 0 Å². The molecule has 0 unspecified atom stereocenters. The average molecular weight is 530 g/mol. The Labute approximate surface area is 243 Å². The third kappa shape index (κ3) is 5.19. The lowest BCUT2D eigenvalue weighted by Gasteiger charge is -2.12. The van der Waals surface area contributed by atoms with Crippen LogP contribution in [-0.2, 0) is 0 Å². The first kappa shape index (κ1) is 26.3. The summed E-state index contributed by atoms with van der Waals surface area (Å²) in [5.41, 5.74) is 13.7. The fourth-order valence-corrected chi connectivity index (χ4v) is 5.86. The number of allylic oxidation sites excluding steroid dienone is 5. The predicted molar refractivity (Wildman–Crippen MR) is 178 cm³/mol. The fourth-order valence-electron chi connectivity index (χ4n) is 5.86. The molecule has 200 valence electrons. The monoisotopic (exact) mass is 529 g/mol. The van der Waals surface area contributed by atoms with Gasteiger partial charge in [-0.2, -0.15) is 0 Å². The lowest BCUT2D eigenvalue weighted by atomic mass is 9.92. The van der Waals surface area contributed by atoms with E-state index in [-0.39, 0.29) is 0 Å². The van der Waals surface area contributed by atoms with Crippen LogP contribution in [0.5, 0.6) is 0 Å². The van der Waals surface area contributed by atoms with Gasteiger partial charge < -0.3 is 4.57 Å². The molecule has 0 aliphatic heterocycles. The molecule has 1 aromatic heterocycles. The van der Waals surface area contributed by atoms with Crippen LogP contribution in [0.15, 0.2) is 140 Å². The Morgan fingerprint density at radius 2 is 1.34 bits per heavy atom. The average Bonchev–Trinajstić information content (AvgIpc) is 3.62. The smallest absolute Gasteiger partial charge is 0.0541 e. The zero-order chi connectivity index (χ0) is 28.2. The molecule has 1 heteroatoms. The van der Waals surface area contributed by atoms with Crippen molar-refractivity contribution in [1.29, 1.82) is 0 Å². The summed E-state index contributed by atoms with van der Waals surface area (Å²) in [6.45, 7) is 6.50. The molecule has 1 aliphatic carbocycles. The van der Waals surface area contributed by atoms with Gasteiger partial charge in [0.1, 0.15) is 0 Å². The molecule has 1 aliphatic rings. The number of rotatable bonds is 5. The van der Waals surface area contributed by atoms with Crippen molar-refractivity contribution in [1.82, 2.24) is 4.57 Å². The lowest BCUT2D eigenvalue weighted by Crippen LogP contribution is -1.97. The molecule has 0 saturated carbocycles. The van der Waals surface area contributed by atoms with Gasteiger partial charge in [0.05, 0.1) is 11.2 Å². The predicted octanol–water partition coefficient (Wildman–Crippen LogP) is 11.1. The largest absolute Gasteiger partial charge is 0.309 e. The standard InChI is InChI=1S/C40H35N/c1-4-16-39-40(31-18-13-14-19-31)37-28-32(33-26-25-30(3)36(27-33)35-23-15-12-17-29(35)2)20-8-5-6-11-24-38(37)41(39)34-21-9-7-10-22-34/h4-18,20-28H,19H2,1-3H3/b6-5?,8-5?,11-6?,16-4-,20-8?,24-11?,32-20?,32-28?,37-28?,38-24?. The summed E-state index contributed by atoms with van der Waals surface area (Å²) in [5, 5.41) is 1.24. The second-order valence-corrected chi connectivity index (χ2v) is 10.6. The zero-order valence-corrected chi connectivity index (χ0v) is 24.0. The van der Waals surface area contributed by atoms with Crippen LogP contribution in [0, 0.1) is 13.8 Å². The fraction of sp³-hybridized carbons (Fsp3) is 0.100. The summed E-state index contributed by atoms with van der Waals surface area (Å²) < 4.78 is 2.40. The number of nitrogens with zero attached hydrogens (tertiary/aromatic N) is 1. The van der Waals surface area contributed by atoms with Crippen molar-refractivity contribution in [3.63, 3.8) is 0 Å². The summed E-state index contributed by atoms with van der Waals surface area (Å²) in [6, 6.07) is 41.6. The molecule has 0 amide bonds. The van der Waals surface area contributed by atoms with Crippen LogP contribution >= 0.6 is 0 Å². The molecular formula is C40H35N. The van der Waals surface area contributed by atoms with Gasteiger partial charge in [0.15, 0.2) is 0 Å². The number of para-hydroxylation sites is 1. The van der Waals surface area contributed by atoms with Gasteiger partial charge in [-0.15, -0.1) is 0 Å². The van der Waals surface area contributed by atoms with Crippen molar-refractivity contribution in [2.75, 3.05) is 0 Å². The van der Waals surface area contributed by atoms with Crippen molar-refractivity contribution in [2.45, 2.75) is 27.2 Å². The SMILES string of the molecule is C/C=C\c1c(C2=CC=CC2)c2cc(-c3ccc(C)c(-c4ccccc4C)c3)ccccccc2n1-c1ccccc1. The van der Waals surface area contributed by atoms with Crippen molar-refractivity contribution in [3.8, 4) is 27.9 Å². The van der Waals surface area contributed by atoms with E-state index in [4.69, 9.17) is 0 Å². The molecule has 0 radical (unpaired) electrons. The lowest BCUT2D eigenvalue weighted by molar-refractivity contribution is 1.10. The van der Waals surface area contributed by atoms with Crippen LogP contribution < -0.4 is 0 Å². The van der Waals surface area contributed by atoms with Crippen LogP contribution in [0.4, 0.5) is 0 Å². The van der Waals surface area contributed by atoms with Gasteiger partial charge in [0.25, 0.3) is 0 Å². The minimum Gasteiger partial charge on any atom is -0.309 e. The van der Waals surface area contributed by atoms with E-state index < -0.39 is 0 Å². The van der Waals surface area contributed by atoms with Crippen LogP contribution in [0.3, 0.4) is 0 Å². The van der Waals surface area contributed by atoms with E-state index in [9.17, 15) is 0 Å². The highest BCUT2D eigenvalue weighted by Gasteiger charge is 2.20. The van der Waals surface area contributed by atoms with E-state index in [1.54, 1.807) is 0 Å². The van der Waals surface area contributed by atoms with E-state index in [1.807, 2.05) is 0 Å². The zero-order valence-electron chi connectivity index (χ0n) is 24.0. The normalized spacial score (nSPS) is 12.6. The highest BCUT2D eigenvalue weighted by atomic mass is 15.0. The molecule has 4 aromatic carbocycles. The maximum atomic E-state index is 2.40. The summed E-state index contributed by atoms with van der Waals surface area (Å²) in [5.74, 6) is 0. The van der Waals surface area contributed by atoms with Crippen LogP contribution in [0.1, 0.15) is 35.7 Å². The first-order valence-electron chi connectivity index (χ1n) is 14.4. The third-order valence-electron chi connectivity index (χ3n) is 7.88. The number of benzene rings is 3. The Balaban J connectivity index is 1.71. The Morgan fingerprint density at radius 1 is 0.659 bits per heavy atom. The summed E-state index contributed by atoms with van der Waals surface area (Å²) in [7, 11) is 0. The van der Waals surface area contributed by atoms with E-state index in [0.717, 1.165) is 12.1 Å². The van der Waals surface area contributed by atoms with Crippen molar-refractivity contribution < 1.29 is 0 Å². The van der Waals surface area contributed by atoms with E-state index >= 15 is 0 Å². The quantitative estimate of drug-likeness (QED) is 0.213. The van der Waals surface area contributed by atoms with Crippen molar-refractivity contribution >= 4 is 22.6 Å². The number of fused-ring (bicyclic) bond motifs is 1. The topological polar surface area (TPSA) is 4.93 Å². The second-order valence-electron chi connectivity index (χ2n) is 10.6. The first-order chi connectivity index (χ1) is 20.2. The van der Waals surface area contributed by atoms with Crippen molar-refractivity contribution in [2.24, 2.45) is 0 Å². The second kappa shape index (κ2) is 11.7. The number of hydrogen-bond acceptors (Lipinski definition) is 0. The molecule has 5 aromatic rings.